The second kappa shape index (κ2) is 5.11. The Kier molecular flexibility index (Phi) is 3.55. The number of nitriles is 1. The molecule has 0 bridgehead atoms. The first-order valence-electron chi connectivity index (χ1n) is 5.89. The summed E-state index contributed by atoms with van der Waals surface area (Å²) in [6.07, 6.45) is 4.21. The zero-order valence-corrected chi connectivity index (χ0v) is 10.2. The Morgan fingerprint density at radius 3 is 3.06 bits per heavy atom. The van der Waals surface area contributed by atoms with E-state index in [1.54, 1.807) is 12.3 Å². The Labute approximate surface area is 101 Å². The van der Waals surface area contributed by atoms with Gasteiger partial charge in [-0.05, 0) is 32.9 Å². The summed E-state index contributed by atoms with van der Waals surface area (Å²) in [5.41, 5.74) is 0.394. The van der Waals surface area contributed by atoms with Gasteiger partial charge in [-0.2, -0.15) is 5.26 Å². The summed E-state index contributed by atoms with van der Waals surface area (Å²) in [6, 6.07) is 4.80. The van der Waals surface area contributed by atoms with Crippen molar-refractivity contribution in [2.24, 2.45) is 0 Å². The normalized spacial score (nSPS) is 16.6. The molecule has 0 aromatic carbocycles. The van der Waals surface area contributed by atoms with Crippen LogP contribution in [0.1, 0.15) is 25.5 Å². The van der Waals surface area contributed by atoms with Gasteiger partial charge in [0, 0.05) is 24.8 Å². The SMILES string of the molecule is CC(CNc1nccc(C#N)n1)N(C)C1CC1. The van der Waals surface area contributed by atoms with Crippen LogP contribution in [0.15, 0.2) is 12.3 Å². The number of nitrogens with zero attached hydrogens (tertiary/aromatic N) is 4. The Hall–Kier alpha value is -1.67. The molecule has 17 heavy (non-hydrogen) atoms. The molecule has 5 heteroatoms. The van der Waals surface area contributed by atoms with E-state index < -0.39 is 0 Å². The molecule has 90 valence electrons. The summed E-state index contributed by atoms with van der Waals surface area (Å²) >= 11 is 0. The zero-order chi connectivity index (χ0) is 12.3. The standard InChI is InChI=1S/C12H17N5/c1-9(17(2)11-3-4-11)8-15-12-14-6-5-10(7-13)16-12/h5-6,9,11H,3-4,8H2,1-2H3,(H,14,15,16). The fourth-order valence-corrected chi connectivity index (χ4v) is 1.73. The van der Waals surface area contributed by atoms with E-state index in [1.807, 2.05) is 6.07 Å². The molecule has 1 aromatic heterocycles. The molecule has 1 aliphatic rings. The number of hydrogen-bond donors (Lipinski definition) is 1. The van der Waals surface area contributed by atoms with Gasteiger partial charge in [-0.15, -0.1) is 0 Å². The lowest BCUT2D eigenvalue weighted by atomic mass is 10.3. The first kappa shape index (κ1) is 11.8. The second-order valence-electron chi connectivity index (χ2n) is 4.50. The molecule has 1 aromatic rings. The van der Waals surface area contributed by atoms with E-state index in [0.717, 1.165) is 12.6 Å². The molecule has 1 unspecified atom stereocenters. The van der Waals surface area contributed by atoms with Crippen molar-refractivity contribution in [2.75, 3.05) is 18.9 Å². The first-order valence-corrected chi connectivity index (χ1v) is 5.89. The topological polar surface area (TPSA) is 64.8 Å². The minimum atomic E-state index is 0.394. The zero-order valence-electron chi connectivity index (χ0n) is 10.2. The van der Waals surface area contributed by atoms with Gasteiger partial charge in [0.1, 0.15) is 11.8 Å². The third kappa shape index (κ3) is 3.14. The molecular formula is C12H17N5. The van der Waals surface area contributed by atoms with Gasteiger partial charge in [-0.25, -0.2) is 9.97 Å². The van der Waals surface area contributed by atoms with Crippen LogP contribution in [0.3, 0.4) is 0 Å². The molecule has 1 fully saturated rings. The molecule has 0 spiro atoms. The van der Waals surface area contributed by atoms with E-state index in [0.29, 0.717) is 17.7 Å². The van der Waals surface area contributed by atoms with Gasteiger partial charge in [0.15, 0.2) is 0 Å². The predicted molar refractivity (Wildman–Crippen MR) is 65.5 cm³/mol. The van der Waals surface area contributed by atoms with Crippen molar-refractivity contribution in [3.8, 4) is 6.07 Å². The van der Waals surface area contributed by atoms with Crippen molar-refractivity contribution in [1.29, 1.82) is 5.26 Å². The Morgan fingerprint density at radius 2 is 2.41 bits per heavy atom. The van der Waals surface area contributed by atoms with Gasteiger partial charge in [-0.3, -0.25) is 4.90 Å². The van der Waals surface area contributed by atoms with Crippen molar-refractivity contribution in [1.82, 2.24) is 14.9 Å². The van der Waals surface area contributed by atoms with Crippen molar-refractivity contribution in [2.45, 2.75) is 31.8 Å². The van der Waals surface area contributed by atoms with Crippen molar-refractivity contribution >= 4 is 5.95 Å². The van der Waals surface area contributed by atoms with E-state index in [-0.39, 0.29) is 0 Å². The van der Waals surface area contributed by atoms with E-state index in [1.165, 1.54) is 12.8 Å². The summed E-state index contributed by atoms with van der Waals surface area (Å²) in [6.45, 7) is 2.97. The lowest BCUT2D eigenvalue weighted by Gasteiger charge is -2.24. The van der Waals surface area contributed by atoms with Gasteiger partial charge in [0.05, 0.1) is 0 Å². The number of hydrogen-bond acceptors (Lipinski definition) is 5. The minimum Gasteiger partial charge on any atom is -0.353 e. The van der Waals surface area contributed by atoms with Gasteiger partial charge >= 0.3 is 0 Å². The predicted octanol–water partition coefficient (Wildman–Crippen LogP) is 1.24. The molecule has 1 saturated carbocycles. The largest absolute Gasteiger partial charge is 0.353 e. The van der Waals surface area contributed by atoms with Crippen molar-refractivity contribution < 1.29 is 0 Å². The summed E-state index contributed by atoms with van der Waals surface area (Å²) in [7, 11) is 2.15. The average molecular weight is 231 g/mol. The van der Waals surface area contributed by atoms with Crippen LogP contribution < -0.4 is 5.32 Å². The fraction of sp³-hybridized carbons (Fsp3) is 0.583. The third-order valence-corrected chi connectivity index (χ3v) is 3.14. The van der Waals surface area contributed by atoms with Crippen LogP contribution in [0.25, 0.3) is 0 Å². The second-order valence-corrected chi connectivity index (χ2v) is 4.50. The van der Waals surface area contributed by atoms with Gasteiger partial charge in [-0.1, -0.05) is 0 Å². The molecule has 1 heterocycles. The number of anilines is 1. The number of rotatable bonds is 5. The van der Waals surface area contributed by atoms with Crippen LogP contribution in [0.5, 0.6) is 0 Å². The number of aromatic nitrogens is 2. The Bertz CT molecular complexity index is 421. The molecule has 2 rings (SSSR count). The molecule has 0 amide bonds. The van der Waals surface area contributed by atoms with Crippen LogP contribution in [0, 0.1) is 11.3 Å². The van der Waals surface area contributed by atoms with Gasteiger partial charge < -0.3 is 5.32 Å². The molecule has 1 aliphatic carbocycles. The van der Waals surface area contributed by atoms with Crippen molar-refractivity contribution in [3.05, 3.63) is 18.0 Å². The van der Waals surface area contributed by atoms with Crippen LogP contribution in [0.2, 0.25) is 0 Å². The summed E-state index contributed by atoms with van der Waals surface area (Å²) in [5, 5.41) is 11.9. The highest BCUT2D eigenvalue weighted by Crippen LogP contribution is 2.26. The molecule has 0 radical (unpaired) electrons. The van der Waals surface area contributed by atoms with Crippen LogP contribution in [-0.4, -0.2) is 40.5 Å². The molecule has 1 atom stereocenters. The highest BCUT2D eigenvalue weighted by atomic mass is 15.2. The van der Waals surface area contributed by atoms with E-state index >= 15 is 0 Å². The molecule has 0 aliphatic heterocycles. The highest BCUT2D eigenvalue weighted by molar-refractivity contribution is 5.30. The van der Waals surface area contributed by atoms with Crippen LogP contribution >= 0.6 is 0 Å². The Morgan fingerprint density at radius 1 is 1.65 bits per heavy atom. The highest BCUT2D eigenvalue weighted by Gasteiger charge is 2.28. The van der Waals surface area contributed by atoms with E-state index in [4.69, 9.17) is 5.26 Å². The maximum absolute atomic E-state index is 8.73. The summed E-state index contributed by atoms with van der Waals surface area (Å²) < 4.78 is 0. The van der Waals surface area contributed by atoms with Crippen LogP contribution in [-0.2, 0) is 0 Å². The maximum atomic E-state index is 8.73. The van der Waals surface area contributed by atoms with E-state index in [2.05, 4.69) is 34.2 Å². The Balaban J connectivity index is 1.86. The summed E-state index contributed by atoms with van der Waals surface area (Å²) in [5.74, 6) is 0.528. The monoisotopic (exact) mass is 231 g/mol. The number of nitrogens with one attached hydrogen (secondary N) is 1. The lowest BCUT2D eigenvalue weighted by Crippen LogP contribution is -2.36. The van der Waals surface area contributed by atoms with Crippen LogP contribution in [0.4, 0.5) is 5.95 Å². The van der Waals surface area contributed by atoms with Crippen molar-refractivity contribution in [3.63, 3.8) is 0 Å². The lowest BCUT2D eigenvalue weighted by molar-refractivity contribution is 0.257. The number of likely N-dealkylation sites (N-methyl/N-ethyl adjacent to an activating group) is 1. The maximum Gasteiger partial charge on any atom is 0.223 e. The molecular weight excluding hydrogens is 214 g/mol. The molecule has 0 saturated heterocycles. The first-order chi connectivity index (χ1) is 8.20. The molecule has 1 N–H and O–H groups in total. The van der Waals surface area contributed by atoms with Gasteiger partial charge in [0.25, 0.3) is 0 Å². The molecule has 5 nitrogen and oxygen atoms in total. The quantitative estimate of drug-likeness (QED) is 0.826. The minimum absolute atomic E-state index is 0.394. The smallest absolute Gasteiger partial charge is 0.223 e. The summed E-state index contributed by atoms with van der Waals surface area (Å²) in [4.78, 5) is 10.5. The van der Waals surface area contributed by atoms with E-state index in [9.17, 15) is 0 Å². The third-order valence-electron chi connectivity index (χ3n) is 3.14. The van der Waals surface area contributed by atoms with Gasteiger partial charge in [0.2, 0.25) is 5.95 Å². The fourth-order valence-electron chi connectivity index (χ4n) is 1.73. The average Bonchev–Trinajstić information content (AvgIpc) is 3.19.